The van der Waals surface area contributed by atoms with E-state index in [0.717, 1.165) is 16.0 Å². The van der Waals surface area contributed by atoms with E-state index < -0.39 is 76.2 Å². The Bertz CT molecular complexity index is 3790. The third-order valence-electron chi connectivity index (χ3n) is 20.0. The Kier molecular flexibility index (Phi) is 32.0. The number of nitrogens with zero attached hydrogens (tertiary/aromatic N) is 3. The van der Waals surface area contributed by atoms with Gasteiger partial charge in [-0.2, -0.15) is 0 Å². The highest BCUT2D eigenvalue weighted by atomic mass is 28.4. The number of nitrogens with one attached hydrogen (secondary N) is 6. The van der Waals surface area contributed by atoms with Crippen LogP contribution >= 0.6 is 0 Å². The third-order valence-corrected chi connectivity index (χ3v) is 29.0. The highest BCUT2D eigenvalue weighted by Gasteiger charge is 2.43. The molecule has 0 saturated carbocycles. The molecule has 3 heterocycles. The quantitative estimate of drug-likeness (QED) is 0.0121. The molecule has 3 aliphatic rings. The highest BCUT2D eigenvalue weighted by Crippen LogP contribution is 2.42. The van der Waals surface area contributed by atoms with E-state index >= 15 is 0 Å². The topological polar surface area (TPSA) is 352 Å². The first-order valence-electron chi connectivity index (χ1n) is 37.4. The molecule has 0 radical (unpaired) electrons. The van der Waals surface area contributed by atoms with Crippen LogP contribution < -0.4 is 56.6 Å². The summed E-state index contributed by atoms with van der Waals surface area (Å²) in [6, 6.07) is 9.07. The Morgan fingerprint density at radius 1 is 0.606 bits per heavy atom. The minimum atomic E-state index is -2.25. The molecule has 0 bridgehead atoms. The summed E-state index contributed by atoms with van der Waals surface area (Å²) >= 11 is 0. The van der Waals surface area contributed by atoms with Crippen LogP contribution in [0.5, 0.6) is 23.0 Å². The summed E-state index contributed by atoms with van der Waals surface area (Å²) in [5.74, 6) is -2.47. The lowest BCUT2D eigenvalue weighted by Crippen LogP contribution is -2.54. The molecule has 3 aromatic rings. The zero-order valence-corrected chi connectivity index (χ0v) is 69.0. The molecule has 109 heavy (non-hydrogen) atoms. The van der Waals surface area contributed by atoms with Gasteiger partial charge in [-0.15, -0.1) is 0 Å². The number of unbranched alkanes of at least 4 members (excludes halogenated alkanes) is 4. The molecule has 0 aromatic heterocycles. The minimum Gasteiger partial charge on any atom is -0.493 e. The number of ether oxygens (including phenoxy) is 6. The first-order chi connectivity index (χ1) is 51.0. The lowest BCUT2D eigenvalue weighted by molar-refractivity contribution is -0.137. The van der Waals surface area contributed by atoms with Crippen molar-refractivity contribution in [2.45, 2.75) is 219 Å². The second-order valence-corrected chi connectivity index (χ2v) is 42.0. The van der Waals surface area contributed by atoms with E-state index in [2.05, 4.69) is 113 Å². The van der Waals surface area contributed by atoms with Gasteiger partial charge in [0.05, 0.1) is 75.2 Å². The zero-order chi connectivity index (χ0) is 80.9. The third kappa shape index (κ3) is 26.5. The van der Waals surface area contributed by atoms with Gasteiger partial charge >= 0.3 is 18.2 Å². The molecule has 600 valence electrons. The fourth-order valence-corrected chi connectivity index (χ4v) is 13.8. The lowest BCUT2D eigenvalue weighted by atomic mass is 10.0. The van der Waals surface area contributed by atoms with Crippen LogP contribution in [0.3, 0.4) is 0 Å². The van der Waals surface area contributed by atoms with E-state index in [4.69, 9.17) is 43.0 Å². The highest BCUT2D eigenvalue weighted by molar-refractivity contribution is 6.74. The number of nitrogens with two attached hydrogens (primary N) is 1. The predicted molar refractivity (Wildman–Crippen MR) is 423 cm³/mol. The van der Waals surface area contributed by atoms with Crippen molar-refractivity contribution in [3.63, 3.8) is 0 Å². The number of benzene rings is 3. The molecule has 11 amide bonds. The number of primary amides is 1. The molecule has 0 unspecified atom stereocenters. The van der Waals surface area contributed by atoms with E-state index in [9.17, 15) is 47.9 Å². The number of methoxy groups -OCH3 is 2. The molecule has 2 fully saturated rings. The maximum absolute atomic E-state index is 15.0. The van der Waals surface area contributed by atoms with Crippen LogP contribution in [0.25, 0.3) is 0 Å². The molecule has 2 saturated heterocycles. The largest absolute Gasteiger partial charge is 0.493 e. The maximum atomic E-state index is 15.0. The smallest absolute Gasteiger partial charge is 0.412 e. The number of hydrogen-bond donors (Lipinski definition) is 7. The number of carbonyl (C=O) groups excluding carboxylic acids is 10. The summed E-state index contributed by atoms with van der Waals surface area (Å²) in [5.41, 5.74) is 7.55. The summed E-state index contributed by atoms with van der Waals surface area (Å²) in [7, 11) is -1.50. The molecule has 3 aliphatic heterocycles. The normalized spacial score (nSPS) is 16.0. The van der Waals surface area contributed by atoms with Gasteiger partial charge in [0.15, 0.2) is 39.6 Å². The minimum absolute atomic E-state index is 0.0434. The van der Waals surface area contributed by atoms with Crippen molar-refractivity contribution in [1.82, 2.24) is 30.7 Å². The number of rotatable bonds is 38. The van der Waals surface area contributed by atoms with Crippen LogP contribution in [0.1, 0.15) is 173 Å². The fraction of sp³-hybridized carbons (Fsp3) is 0.570. The van der Waals surface area contributed by atoms with Gasteiger partial charge in [-0.05, 0) is 151 Å². The molecule has 28 nitrogen and oxygen atoms in total. The average Bonchev–Trinajstić information content (AvgIpc) is 1.76. The number of urea groups is 1. The van der Waals surface area contributed by atoms with E-state index in [1.807, 2.05) is 0 Å². The molecule has 6 rings (SSSR count). The molecule has 0 spiro atoms. The van der Waals surface area contributed by atoms with Crippen molar-refractivity contribution < 1.29 is 85.2 Å². The van der Waals surface area contributed by atoms with E-state index in [0.29, 0.717) is 75.8 Å². The van der Waals surface area contributed by atoms with Crippen molar-refractivity contribution in [2.24, 2.45) is 11.7 Å². The van der Waals surface area contributed by atoms with Gasteiger partial charge in [-0.25, -0.2) is 14.4 Å². The second-order valence-electron chi connectivity index (χ2n) is 32.3. The van der Waals surface area contributed by atoms with Gasteiger partial charge in [0.1, 0.15) is 24.3 Å². The van der Waals surface area contributed by atoms with Gasteiger partial charge in [-0.1, -0.05) is 98.2 Å². The standard InChI is InChI=1S/C79H118N10O18Si2/c1-50(2)69(86-66(90)28-22-20-23-36-87-67(91)33-34-68(87)92)71(94)83-59(27-26-35-81-74(80)97)70(93)82-54-31-29-53(30-32-54)47-104-75(98)84-60-43-64(62(100-14)41-57(60)72(95)88-45-51(3)39-55(88)48-105-108(16,17)78(8,9)10)102-37-24-21-25-38-103-65-44-61(85-76(99)107-77(5,6)7)58(42-63(65)101-15)73(96)89-46-52(4)40-56(89)49-106-109(18,19)79(11,12)13/h29-34,41-44,50,55-56,59,69H,3-4,20-28,35-40,45-49H2,1-2,5-19H3,(H,82,93)(H,83,94)(H,84,98)(H,85,99)(H,86,90)(H3,80,81,97)/t55-,56-,59-,69-/m0/s1. The Morgan fingerprint density at radius 3 is 1.55 bits per heavy atom. The Hall–Kier alpha value is -9.27. The van der Waals surface area contributed by atoms with Gasteiger partial charge in [0.2, 0.25) is 17.7 Å². The van der Waals surface area contributed by atoms with E-state index in [-0.39, 0.29) is 157 Å². The van der Waals surface area contributed by atoms with Crippen LogP contribution in [0.4, 0.5) is 31.4 Å². The fourth-order valence-electron chi connectivity index (χ4n) is 11.7. The number of amides is 11. The number of carbonyl (C=O) groups is 10. The molecule has 3 aromatic carbocycles. The van der Waals surface area contributed by atoms with Crippen molar-refractivity contribution in [3.05, 3.63) is 102 Å². The first-order valence-corrected chi connectivity index (χ1v) is 43.3. The second kappa shape index (κ2) is 39.4. The predicted octanol–water partition coefficient (Wildman–Crippen LogP) is 12.5. The Morgan fingerprint density at radius 2 is 1.09 bits per heavy atom. The van der Waals surface area contributed by atoms with Crippen molar-refractivity contribution in [2.75, 3.05) is 82.8 Å². The molecule has 0 aliphatic carbocycles. The van der Waals surface area contributed by atoms with E-state index in [1.165, 1.54) is 38.5 Å². The lowest BCUT2D eigenvalue weighted by Gasteiger charge is -2.38. The van der Waals surface area contributed by atoms with Crippen LogP contribution in [-0.4, -0.2) is 187 Å². The molecule has 8 N–H and O–H groups in total. The summed E-state index contributed by atoms with van der Waals surface area (Å²) in [5, 5.41) is 16.3. The summed E-state index contributed by atoms with van der Waals surface area (Å²) < 4.78 is 48.9. The number of imide groups is 1. The maximum Gasteiger partial charge on any atom is 0.412 e. The first kappa shape index (κ1) is 88.6. The van der Waals surface area contributed by atoms with Gasteiger partial charge < -0.3 is 74.1 Å². The molecular formula is C79H118N10O18Si2. The van der Waals surface area contributed by atoms with Crippen molar-refractivity contribution >= 4 is 93.3 Å². The SMILES string of the molecule is C=C1C[C@@H](CO[Si](C)(C)C(C)(C)C)N(C(=O)c2cc(OC)c(OCCCCCOc3cc(NC(=O)OC(C)(C)C)c(C(=O)N4CC(=C)C[C@H]4CO[Si](C)(C)C(C)(C)C)cc3OC)cc2NC(=O)OCc2ccc(NC(=O)[C@H](CCCNC(N)=O)NC(=O)[C@@H](NC(=O)CCCCCN3C(=O)C=CC3=O)C(C)C)cc2)C1. The summed E-state index contributed by atoms with van der Waals surface area (Å²) in [6.45, 7) is 40.4. The summed E-state index contributed by atoms with van der Waals surface area (Å²) in [4.78, 5) is 138. The molecule has 30 heteroatoms. The summed E-state index contributed by atoms with van der Waals surface area (Å²) in [6.07, 6.45) is 5.43. The van der Waals surface area contributed by atoms with Crippen LogP contribution in [0, 0.1) is 5.92 Å². The van der Waals surface area contributed by atoms with Gasteiger partial charge in [0.25, 0.3) is 23.6 Å². The monoisotopic (exact) mass is 1550 g/mol. The van der Waals surface area contributed by atoms with Crippen LogP contribution in [-0.2, 0) is 48.9 Å². The van der Waals surface area contributed by atoms with E-state index in [1.54, 1.807) is 80.8 Å². The van der Waals surface area contributed by atoms with Gasteiger partial charge in [0, 0.05) is 62.6 Å². The number of hydrogen-bond acceptors (Lipinski definition) is 18. The van der Waals surface area contributed by atoms with Crippen LogP contribution in [0.2, 0.25) is 36.3 Å². The van der Waals surface area contributed by atoms with Gasteiger partial charge in [-0.3, -0.25) is 49.1 Å². The van der Waals surface area contributed by atoms with Crippen LogP contribution in [0.15, 0.2) is 85.0 Å². The number of anilines is 3. The Balaban J connectivity index is 1.13. The number of likely N-dealkylation sites (tertiary alicyclic amines) is 2. The van der Waals surface area contributed by atoms with Crippen molar-refractivity contribution in [3.8, 4) is 23.0 Å². The zero-order valence-electron chi connectivity index (χ0n) is 67.0. The molecular weight excluding hydrogens is 1430 g/mol. The molecule has 4 atom stereocenters. The van der Waals surface area contributed by atoms with Crippen molar-refractivity contribution in [1.29, 1.82) is 0 Å². The average molecular weight is 1550 g/mol. The Labute approximate surface area is 644 Å².